The van der Waals surface area contributed by atoms with Crippen LogP contribution in [0.5, 0.6) is 0 Å². The quantitative estimate of drug-likeness (QED) is 0.238. The van der Waals surface area contributed by atoms with Crippen molar-refractivity contribution in [3.63, 3.8) is 0 Å². The molecule has 0 aliphatic carbocycles. The SMILES string of the molecule is Cc1c(C(=O)N(C)Cc2cn(-c3ccccc3)nc2-c2cccs2)nnn1-c1cccc([N+](=O)[O-])c1. The first-order valence-electron chi connectivity index (χ1n) is 11.0. The molecule has 0 saturated carbocycles. The molecule has 3 aromatic heterocycles. The van der Waals surface area contributed by atoms with Crippen molar-refractivity contribution in [2.45, 2.75) is 13.5 Å². The van der Waals surface area contributed by atoms with E-state index in [2.05, 4.69) is 10.3 Å². The third-order valence-electron chi connectivity index (χ3n) is 5.70. The predicted molar refractivity (Wildman–Crippen MR) is 135 cm³/mol. The summed E-state index contributed by atoms with van der Waals surface area (Å²) in [6, 6.07) is 19.8. The molecule has 36 heavy (non-hydrogen) atoms. The number of aromatic nitrogens is 5. The second kappa shape index (κ2) is 9.55. The van der Waals surface area contributed by atoms with E-state index in [4.69, 9.17) is 5.10 Å². The van der Waals surface area contributed by atoms with Crippen molar-refractivity contribution in [3.05, 3.63) is 105 Å². The van der Waals surface area contributed by atoms with Gasteiger partial charge in [-0.05, 0) is 36.6 Å². The average molecular weight is 500 g/mol. The van der Waals surface area contributed by atoms with Crippen LogP contribution in [-0.2, 0) is 6.54 Å². The van der Waals surface area contributed by atoms with Crippen molar-refractivity contribution < 1.29 is 9.72 Å². The maximum atomic E-state index is 13.3. The van der Waals surface area contributed by atoms with Crippen LogP contribution >= 0.6 is 11.3 Å². The van der Waals surface area contributed by atoms with Crippen molar-refractivity contribution in [2.24, 2.45) is 0 Å². The van der Waals surface area contributed by atoms with Gasteiger partial charge in [0.15, 0.2) is 5.69 Å². The Morgan fingerprint density at radius 2 is 1.86 bits per heavy atom. The van der Waals surface area contributed by atoms with Crippen LogP contribution in [0.4, 0.5) is 5.69 Å². The molecule has 180 valence electrons. The van der Waals surface area contributed by atoms with E-state index in [9.17, 15) is 14.9 Å². The molecule has 0 saturated heterocycles. The average Bonchev–Trinajstić information content (AvgIpc) is 3.64. The Kier molecular flexibility index (Phi) is 6.13. The van der Waals surface area contributed by atoms with E-state index < -0.39 is 4.92 Å². The summed E-state index contributed by atoms with van der Waals surface area (Å²) >= 11 is 1.58. The minimum absolute atomic E-state index is 0.0658. The summed E-state index contributed by atoms with van der Waals surface area (Å²) in [5.74, 6) is -0.311. The van der Waals surface area contributed by atoms with E-state index in [0.717, 1.165) is 21.8 Å². The molecule has 0 radical (unpaired) electrons. The number of rotatable bonds is 7. The highest BCUT2D eigenvalue weighted by molar-refractivity contribution is 7.13. The Labute approximate surface area is 210 Å². The molecule has 10 nitrogen and oxygen atoms in total. The molecule has 3 heterocycles. The van der Waals surface area contributed by atoms with Gasteiger partial charge in [0.2, 0.25) is 0 Å². The first kappa shape index (κ1) is 23.1. The fraction of sp³-hybridized carbons (Fsp3) is 0.120. The fourth-order valence-electron chi connectivity index (χ4n) is 3.88. The lowest BCUT2D eigenvalue weighted by Gasteiger charge is -2.16. The molecule has 5 aromatic rings. The minimum Gasteiger partial charge on any atom is -0.336 e. The maximum Gasteiger partial charge on any atom is 0.276 e. The lowest BCUT2D eigenvalue weighted by molar-refractivity contribution is -0.384. The van der Waals surface area contributed by atoms with Crippen LogP contribution in [0.15, 0.2) is 78.3 Å². The van der Waals surface area contributed by atoms with Crippen molar-refractivity contribution in [1.29, 1.82) is 0 Å². The first-order valence-corrected chi connectivity index (χ1v) is 11.9. The summed E-state index contributed by atoms with van der Waals surface area (Å²) in [7, 11) is 1.70. The molecule has 1 amide bonds. The van der Waals surface area contributed by atoms with E-state index in [1.165, 1.54) is 16.8 Å². The fourth-order valence-corrected chi connectivity index (χ4v) is 4.62. The van der Waals surface area contributed by atoms with Gasteiger partial charge in [0, 0.05) is 37.5 Å². The third-order valence-corrected chi connectivity index (χ3v) is 6.58. The summed E-state index contributed by atoms with van der Waals surface area (Å²) in [6.07, 6.45) is 1.93. The largest absolute Gasteiger partial charge is 0.336 e. The highest BCUT2D eigenvalue weighted by Crippen LogP contribution is 2.29. The zero-order valence-electron chi connectivity index (χ0n) is 19.5. The lowest BCUT2D eigenvalue weighted by Crippen LogP contribution is -2.27. The number of hydrogen-bond donors (Lipinski definition) is 0. The summed E-state index contributed by atoms with van der Waals surface area (Å²) < 4.78 is 3.24. The van der Waals surface area contributed by atoms with Crippen molar-refractivity contribution in [3.8, 4) is 21.9 Å². The first-order chi connectivity index (χ1) is 17.4. The van der Waals surface area contributed by atoms with Crippen LogP contribution < -0.4 is 0 Å². The van der Waals surface area contributed by atoms with Crippen molar-refractivity contribution >= 4 is 22.9 Å². The van der Waals surface area contributed by atoms with Gasteiger partial charge in [-0.1, -0.05) is 35.5 Å². The van der Waals surface area contributed by atoms with Gasteiger partial charge in [0.1, 0.15) is 5.69 Å². The topological polar surface area (TPSA) is 112 Å². The van der Waals surface area contributed by atoms with Gasteiger partial charge in [-0.15, -0.1) is 16.4 Å². The standard InChI is InChI=1S/C25H21N7O3S/c1-17-23(26-28-31(17)20-10-6-11-21(14-20)32(34)35)25(33)29(2)15-18-16-30(19-8-4-3-5-9-19)27-24(18)22-12-7-13-36-22/h3-14,16H,15H2,1-2H3. The van der Waals surface area contributed by atoms with E-state index in [1.54, 1.807) is 42.3 Å². The second-order valence-corrected chi connectivity index (χ2v) is 9.08. The molecule has 0 unspecified atom stereocenters. The zero-order chi connectivity index (χ0) is 25.2. The molecule has 0 spiro atoms. The lowest BCUT2D eigenvalue weighted by atomic mass is 10.2. The smallest absolute Gasteiger partial charge is 0.276 e. The number of nitro benzene ring substituents is 1. The van der Waals surface area contributed by atoms with Crippen molar-refractivity contribution in [2.75, 3.05) is 7.05 Å². The third kappa shape index (κ3) is 4.39. The molecular weight excluding hydrogens is 478 g/mol. The van der Waals surface area contributed by atoms with Crippen LogP contribution in [0.1, 0.15) is 21.7 Å². The maximum absolute atomic E-state index is 13.3. The molecule has 5 rings (SSSR count). The Hall–Kier alpha value is -4.64. The van der Waals surface area contributed by atoms with E-state index >= 15 is 0 Å². The van der Waals surface area contributed by atoms with Gasteiger partial charge in [0.05, 0.1) is 26.9 Å². The number of para-hydroxylation sites is 1. The summed E-state index contributed by atoms with van der Waals surface area (Å²) in [6.45, 7) is 2.02. The number of carbonyl (C=O) groups is 1. The normalized spacial score (nSPS) is 10.9. The highest BCUT2D eigenvalue weighted by atomic mass is 32.1. The molecule has 2 aromatic carbocycles. The Morgan fingerprint density at radius 3 is 2.58 bits per heavy atom. The second-order valence-electron chi connectivity index (χ2n) is 8.13. The van der Waals surface area contributed by atoms with Gasteiger partial charge < -0.3 is 4.90 Å². The molecule has 0 fully saturated rings. The highest BCUT2D eigenvalue weighted by Gasteiger charge is 2.23. The summed E-state index contributed by atoms with van der Waals surface area (Å²) in [5.41, 5.74) is 3.68. The van der Waals surface area contributed by atoms with Crippen LogP contribution in [-0.4, -0.2) is 47.6 Å². The summed E-state index contributed by atoms with van der Waals surface area (Å²) in [4.78, 5) is 26.6. The van der Waals surface area contributed by atoms with Gasteiger partial charge in [-0.25, -0.2) is 9.36 Å². The number of non-ortho nitro benzene ring substituents is 1. The van der Waals surface area contributed by atoms with Gasteiger partial charge in [0.25, 0.3) is 11.6 Å². The molecule has 0 N–H and O–H groups in total. The van der Waals surface area contributed by atoms with Crippen LogP contribution in [0.25, 0.3) is 21.9 Å². The van der Waals surface area contributed by atoms with Gasteiger partial charge in [-0.3, -0.25) is 14.9 Å². The van der Waals surface area contributed by atoms with Crippen LogP contribution in [0.2, 0.25) is 0 Å². The zero-order valence-corrected chi connectivity index (χ0v) is 20.3. The molecule has 0 aliphatic rings. The summed E-state index contributed by atoms with van der Waals surface area (Å²) in [5, 5.41) is 26.1. The molecule has 0 atom stereocenters. The Balaban J connectivity index is 1.43. The Morgan fingerprint density at radius 1 is 1.08 bits per heavy atom. The number of thiophene rings is 1. The minimum atomic E-state index is -0.476. The molecule has 11 heteroatoms. The molecule has 0 bridgehead atoms. The van der Waals surface area contributed by atoms with E-state index in [0.29, 0.717) is 17.9 Å². The predicted octanol–water partition coefficient (Wildman–Crippen LogP) is 4.67. The van der Waals surface area contributed by atoms with Gasteiger partial charge >= 0.3 is 0 Å². The number of nitrogens with zero attached hydrogens (tertiary/aromatic N) is 7. The molecular formula is C25H21N7O3S. The van der Waals surface area contributed by atoms with Crippen molar-refractivity contribution in [1.82, 2.24) is 29.7 Å². The molecule has 0 aliphatic heterocycles. The number of amides is 1. The monoisotopic (exact) mass is 499 g/mol. The van der Waals surface area contributed by atoms with E-state index in [1.807, 2.05) is 58.7 Å². The number of carbonyl (C=O) groups excluding carboxylic acids is 1. The number of nitro groups is 1. The Bertz CT molecular complexity index is 1540. The van der Waals surface area contributed by atoms with Crippen LogP contribution in [0, 0.1) is 17.0 Å². The van der Waals surface area contributed by atoms with Gasteiger partial charge in [-0.2, -0.15) is 5.10 Å². The van der Waals surface area contributed by atoms with E-state index in [-0.39, 0.29) is 17.3 Å². The number of hydrogen-bond acceptors (Lipinski definition) is 7. The van der Waals surface area contributed by atoms with Crippen LogP contribution in [0.3, 0.4) is 0 Å². The number of benzene rings is 2.